The predicted octanol–water partition coefficient (Wildman–Crippen LogP) is 3.50. The second kappa shape index (κ2) is 5.29. The number of aromatic amines is 1. The van der Waals surface area contributed by atoms with Crippen molar-refractivity contribution < 1.29 is 9.13 Å². The molecule has 0 saturated carbocycles. The second-order valence-electron chi connectivity index (χ2n) is 4.41. The Bertz CT molecular complexity index is 892. The highest BCUT2D eigenvalue weighted by molar-refractivity contribution is 9.10. The molecule has 0 fully saturated rings. The third-order valence-corrected chi connectivity index (χ3v) is 3.80. The molecule has 21 heavy (non-hydrogen) atoms. The number of rotatable bonds is 2. The molecular weight excluding hydrogens is 339 g/mol. The zero-order valence-corrected chi connectivity index (χ0v) is 12.6. The molecule has 106 valence electrons. The van der Waals surface area contributed by atoms with Crippen molar-refractivity contribution in [3.63, 3.8) is 0 Å². The minimum Gasteiger partial charge on any atom is -0.496 e. The van der Waals surface area contributed by atoms with E-state index in [4.69, 9.17) is 4.74 Å². The molecule has 3 rings (SSSR count). The van der Waals surface area contributed by atoms with Crippen molar-refractivity contribution in [1.82, 2.24) is 10.2 Å². The minimum atomic E-state index is -0.427. The smallest absolute Gasteiger partial charge is 0.272 e. The van der Waals surface area contributed by atoms with Gasteiger partial charge in [-0.2, -0.15) is 5.10 Å². The quantitative estimate of drug-likeness (QED) is 0.771. The molecule has 0 spiro atoms. The maximum Gasteiger partial charge on any atom is 0.272 e. The topological polar surface area (TPSA) is 55.0 Å². The molecular formula is C15H10BrFN2O2. The molecule has 0 atom stereocenters. The number of nitrogens with zero attached hydrogens (tertiary/aromatic N) is 1. The van der Waals surface area contributed by atoms with Crippen LogP contribution in [0.3, 0.4) is 0 Å². The van der Waals surface area contributed by atoms with Gasteiger partial charge >= 0.3 is 0 Å². The first kappa shape index (κ1) is 13.8. The van der Waals surface area contributed by atoms with E-state index in [1.54, 1.807) is 24.3 Å². The standard InChI is InChI=1S/C15H10BrFN2O2/c1-21-13-7-12(17)11(16)6-10(13)14-8-4-2-3-5-9(8)15(20)19-18-14/h2-7H,1H3,(H,19,20). The van der Waals surface area contributed by atoms with Gasteiger partial charge in [0.1, 0.15) is 17.3 Å². The fourth-order valence-corrected chi connectivity index (χ4v) is 2.55. The third kappa shape index (κ3) is 2.31. The van der Waals surface area contributed by atoms with Gasteiger partial charge in [-0.15, -0.1) is 0 Å². The zero-order valence-electron chi connectivity index (χ0n) is 11.0. The number of benzene rings is 2. The number of methoxy groups -OCH3 is 1. The highest BCUT2D eigenvalue weighted by atomic mass is 79.9. The van der Waals surface area contributed by atoms with Crippen LogP contribution in [0, 0.1) is 5.82 Å². The number of ether oxygens (including phenoxy) is 1. The summed E-state index contributed by atoms with van der Waals surface area (Å²) >= 11 is 3.15. The predicted molar refractivity (Wildman–Crippen MR) is 82.0 cm³/mol. The van der Waals surface area contributed by atoms with E-state index in [9.17, 15) is 9.18 Å². The van der Waals surface area contributed by atoms with E-state index >= 15 is 0 Å². The summed E-state index contributed by atoms with van der Waals surface area (Å²) in [6, 6.07) is 9.97. The first-order chi connectivity index (χ1) is 10.1. The van der Waals surface area contributed by atoms with Crippen molar-refractivity contribution in [3.8, 4) is 17.0 Å². The number of hydrogen-bond acceptors (Lipinski definition) is 3. The van der Waals surface area contributed by atoms with E-state index in [0.29, 0.717) is 32.3 Å². The number of hydrogen-bond donors (Lipinski definition) is 1. The normalized spacial score (nSPS) is 10.8. The van der Waals surface area contributed by atoms with Crippen molar-refractivity contribution in [1.29, 1.82) is 0 Å². The average molecular weight is 349 g/mol. The number of fused-ring (bicyclic) bond motifs is 1. The van der Waals surface area contributed by atoms with E-state index in [-0.39, 0.29) is 5.56 Å². The lowest BCUT2D eigenvalue weighted by Crippen LogP contribution is -2.09. The molecule has 4 nitrogen and oxygen atoms in total. The zero-order chi connectivity index (χ0) is 15.0. The Morgan fingerprint density at radius 1 is 1.24 bits per heavy atom. The summed E-state index contributed by atoms with van der Waals surface area (Å²) in [5.41, 5.74) is 0.857. The van der Waals surface area contributed by atoms with Gasteiger partial charge in [-0.3, -0.25) is 4.79 Å². The molecule has 0 aliphatic heterocycles. The van der Waals surface area contributed by atoms with E-state index in [2.05, 4.69) is 26.1 Å². The molecule has 0 saturated heterocycles. The van der Waals surface area contributed by atoms with Crippen LogP contribution in [-0.4, -0.2) is 17.3 Å². The Labute approximate surface area is 127 Å². The van der Waals surface area contributed by atoms with Gasteiger partial charge in [0.05, 0.1) is 17.0 Å². The monoisotopic (exact) mass is 348 g/mol. The van der Waals surface area contributed by atoms with Gasteiger partial charge in [-0.05, 0) is 28.1 Å². The molecule has 0 amide bonds. The third-order valence-electron chi connectivity index (χ3n) is 3.19. The van der Waals surface area contributed by atoms with Gasteiger partial charge in [-0.25, -0.2) is 9.49 Å². The van der Waals surface area contributed by atoms with Gasteiger partial charge < -0.3 is 4.74 Å². The van der Waals surface area contributed by atoms with Crippen LogP contribution in [0.1, 0.15) is 0 Å². The highest BCUT2D eigenvalue weighted by Crippen LogP contribution is 2.35. The lowest BCUT2D eigenvalue weighted by atomic mass is 10.0. The van der Waals surface area contributed by atoms with Crippen LogP contribution in [0.25, 0.3) is 22.0 Å². The van der Waals surface area contributed by atoms with Crippen LogP contribution in [-0.2, 0) is 0 Å². The van der Waals surface area contributed by atoms with Gasteiger partial charge in [-0.1, -0.05) is 18.2 Å². The van der Waals surface area contributed by atoms with Crippen molar-refractivity contribution in [2.45, 2.75) is 0 Å². The molecule has 0 bridgehead atoms. The first-order valence-electron chi connectivity index (χ1n) is 6.12. The fourth-order valence-electron chi connectivity index (χ4n) is 2.20. The number of nitrogens with one attached hydrogen (secondary N) is 1. The molecule has 3 aromatic rings. The van der Waals surface area contributed by atoms with Crippen LogP contribution in [0.5, 0.6) is 5.75 Å². The van der Waals surface area contributed by atoms with E-state index in [0.717, 1.165) is 0 Å². The van der Waals surface area contributed by atoms with Gasteiger partial charge in [0.15, 0.2) is 0 Å². The highest BCUT2D eigenvalue weighted by Gasteiger charge is 2.15. The minimum absolute atomic E-state index is 0.269. The summed E-state index contributed by atoms with van der Waals surface area (Å²) in [7, 11) is 1.46. The van der Waals surface area contributed by atoms with Crippen molar-refractivity contribution in [2.75, 3.05) is 7.11 Å². The summed E-state index contributed by atoms with van der Waals surface area (Å²) in [5, 5.41) is 7.75. The van der Waals surface area contributed by atoms with Crippen LogP contribution in [0.4, 0.5) is 4.39 Å². The summed E-state index contributed by atoms with van der Waals surface area (Å²) in [4.78, 5) is 11.8. The summed E-state index contributed by atoms with van der Waals surface area (Å²) in [5.74, 6) is -0.0790. The Hall–Kier alpha value is -2.21. The van der Waals surface area contributed by atoms with Crippen LogP contribution >= 0.6 is 15.9 Å². The van der Waals surface area contributed by atoms with Crippen LogP contribution < -0.4 is 10.3 Å². The van der Waals surface area contributed by atoms with Gasteiger partial charge in [0.2, 0.25) is 0 Å². The molecule has 1 N–H and O–H groups in total. The van der Waals surface area contributed by atoms with Crippen LogP contribution in [0.15, 0.2) is 45.7 Å². The summed E-state index contributed by atoms with van der Waals surface area (Å²) in [6.07, 6.45) is 0. The second-order valence-corrected chi connectivity index (χ2v) is 5.27. The Morgan fingerprint density at radius 2 is 1.95 bits per heavy atom. The fraction of sp³-hybridized carbons (Fsp3) is 0.0667. The van der Waals surface area contributed by atoms with Gasteiger partial charge in [0, 0.05) is 17.0 Å². The molecule has 0 radical (unpaired) electrons. The molecule has 2 aromatic carbocycles. The first-order valence-corrected chi connectivity index (χ1v) is 6.92. The summed E-state index contributed by atoms with van der Waals surface area (Å²) in [6.45, 7) is 0. The van der Waals surface area contributed by atoms with E-state index < -0.39 is 5.82 Å². The Balaban J connectivity index is 2.39. The van der Waals surface area contributed by atoms with Gasteiger partial charge in [0.25, 0.3) is 5.56 Å². The van der Waals surface area contributed by atoms with Crippen molar-refractivity contribution in [2.24, 2.45) is 0 Å². The van der Waals surface area contributed by atoms with E-state index in [1.165, 1.54) is 13.2 Å². The number of aromatic nitrogens is 2. The maximum atomic E-state index is 13.6. The van der Waals surface area contributed by atoms with E-state index in [1.807, 2.05) is 6.07 Å². The lowest BCUT2D eigenvalue weighted by Gasteiger charge is -2.11. The van der Waals surface area contributed by atoms with Crippen LogP contribution in [0.2, 0.25) is 0 Å². The summed E-state index contributed by atoms with van der Waals surface area (Å²) < 4.78 is 19.2. The molecule has 1 aromatic heterocycles. The molecule has 0 unspecified atom stereocenters. The largest absolute Gasteiger partial charge is 0.496 e. The Kier molecular flexibility index (Phi) is 3.47. The lowest BCUT2D eigenvalue weighted by molar-refractivity contribution is 0.412. The number of halogens is 2. The SMILES string of the molecule is COc1cc(F)c(Br)cc1-c1n[nH]c(=O)c2ccccc12. The molecule has 6 heteroatoms. The molecule has 0 aliphatic carbocycles. The maximum absolute atomic E-state index is 13.6. The average Bonchev–Trinajstić information content (AvgIpc) is 2.50. The van der Waals surface area contributed by atoms with Crippen molar-refractivity contribution in [3.05, 3.63) is 57.0 Å². The number of H-pyrrole nitrogens is 1. The van der Waals surface area contributed by atoms with Crippen molar-refractivity contribution >= 4 is 26.7 Å². The molecule has 1 heterocycles. The Morgan fingerprint density at radius 3 is 2.67 bits per heavy atom. The molecule has 0 aliphatic rings.